The Balaban J connectivity index is 1.65. The van der Waals surface area contributed by atoms with Gasteiger partial charge in [0.05, 0.1) is 18.6 Å². The van der Waals surface area contributed by atoms with Gasteiger partial charge in [0.25, 0.3) is 0 Å². The average molecular weight is 339 g/mol. The molecule has 2 aromatic rings. The van der Waals surface area contributed by atoms with Crippen LogP contribution < -0.4 is 10.1 Å². The molecule has 5 nitrogen and oxygen atoms in total. The highest BCUT2D eigenvalue weighted by atomic mass is 32.2. The first-order valence-corrected chi connectivity index (χ1v) is 8.39. The minimum atomic E-state index is -0.174. The molecule has 0 saturated carbocycles. The first kappa shape index (κ1) is 16.3. The molecule has 1 heterocycles. The summed E-state index contributed by atoms with van der Waals surface area (Å²) < 4.78 is 5.25. The van der Waals surface area contributed by atoms with Crippen molar-refractivity contribution in [2.75, 3.05) is 7.11 Å². The Morgan fingerprint density at radius 3 is 2.71 bits per heavy atom. The van der Waals surface area contributed by atoms with Gasteiger partial charge in [0.15, 0.2) is 5.17 Å². The number of carbonyl (C=O) groups excluding carboxylic acids is 1. The van der Waals surface area contributed by atoms with Gasteiger partial charge in [-0.15, -0.1) is 5.10 Å². The molecule has 1 amide bonds. The normalized spacial score (nSPS) is 19.0. The lowest BCUT2D eigenvalue weighted by Gasteiger charge is -2.04. The number of para-hydroxylation sites is 1. The number of hydrogen-bond acceptors (Lipinski definition) is 5. The van der Waals surface area contributed by atoms with Crippen LogP contribution in [0.4, 0.5) is 0 Å². The van der Waals surface area contributed by atoms with E-state index in [-0.39, 0.29) is 11.2 Å². The number of nitrogens with zero attached hydrogens (tertiary/aromatic N) is 2. The van der Waals surface area contributed by atoms with Gasteiger partial charge in [-0.1, -0.05) is 54.2 Å². The largest absolute Gasteiger partial charge is 0.496 e. The van der Waals surface area contributed by atoms with Crippen LogP contribution in [0, 0.1) is 0 Å². The highest BCUT2D eigenvalue weighted by Gasteiger charge is 2.30. The number of ether oxygens (including phenoxy) is 1. The standard InChI is InChI=1S/C18H17N3O2S/c1-23-15-10-6-5-9-14(15)12-19-21-18-20-17(22)16(24-18)11-13-7-3-2-4-8-13/h2-10,12,16H,11H2,1H3,(H,20,21,22)/b19-12-. The van der Waals surface area contributed by atoms with Crippen molar-refractivity contribution in [1.29, 1.82) is 0 Å². The van der Waals surface area contributed by atoms with E-state index in [9.17, 15) is 4.79 Å². The molecular formula is C18H17N3O2S. The molecular weight excluding hydrogens is 322 g/mol. The maximum absolute atomic E-state index is 12.0. The topological polar surface area (TPSA) is 63.1 Å². The van der Waals surface area contributed by atoms with E-state index in [0.717, 1.165) is 16.9 Å². The summed E-state index contributed by atoms with van der Waals surface area (Å²) in [5.41, 5.74) is 1.96. The number of rotatable bonds is 5. The predicted molar refractivity (Wildman–Crippen MR) is 97.7 cm³/mol. The molecule has 1 fully saturated rings. The minimum Gasteiger partial charge on any atom is -0.496 e. The minimum absolute atomic E-state index is 0.0323. The van der Waals surface area contributed by atoms with E-state index < -0.39 is 0 Å². The summed E-state index contributed by atoms with van der Waals surface area (Å²) in [5, 5.41) is 11.3. The number of thioether (sulfide) groups is 1. The van der Waals surface area contributed by atoms with Gasteiger partial charge in [0.2, 0.25) is 5.91 Å². The summed E-state index contributed by atoms with van der Waals surface area (Å²) in [6, 6.07) is 17.5. The van der Waals surface area contributed by atoms with Crippen LogP contribution >= 0.6 is 11.8 Å². The molecule has 1 aliphatic rings. The van der Waals surface area contributed by atoms with Crippen LogP contribution in [0.15, 0.2) is 64.8 Å². The quantitative estimate of drug-likeness (QED) is 0.673. The molecule has 2 aromatic carbocycles. The van der Waals surface area contributed by atoms with Crippen LogP contribution in [-0.4, -0.2) is 29.6 Å². The molecule has 6 heteroatoms. The van der Waals surface area contributed by atoms with E-state index in [1.54, 1.807) is 13.3 Å². The van der Waals surface area contributed by atoms with Gasteiger partial charge in [-0.3, -0.25) is 4.79 Å². The fourth-order valence-corrected chi connectivity index (χ4v) is 3.30. The molecule has 0 aromatic heterocycles. The highest BCUT2D eigenvalue weighted by molar-refractivity contribution is 8.15. The maximum atomic E-state index is 12.0. The van der Waals surface area contributed by atoms with Crippen molar-refractivity contribution >= 4 is 29.1 Å². The van der Waals surface area contributed by atoms with Crippen LogP contribution in [-0.2, 0) is 11.2 Å². The molecule has 122 valence electrons. The van der Waals surface area contributed by atoms with Gasteiger partial charge < -0.3 is 10.1 Å². The molecule has 0 aliphatic carbocycles. The van der Waals surface area contributed by atoms with E-state index in [0.29, 0.717) is 11.6 Å². The Morgan fingerprint density at radius 1 is 1.17 bits per heavy atom. The van der Waals surface area contributed by atoms with Gasteiger partial charge in [-0.05, 0) is 24.1 Å². The average Bonchev–Trinajstić information content (AvgIpc) is 2.96. The Labute approximate surface area is 144 Å². The van der Waals surface area contributed by atoms with Gasteiger partial charge in [0.1, 0.15) is 5.75 Å². The number of benzene rings is 2. The lowest BCUT2D eigenvalue weighted by atomic mass is 10.1. The zero-order valence-electron chi connectivity index (χ0n) is 13.2. The SMILES string of the molecule is COc1ccccc1/C=N\N=C1\NC(=O)C(Cc2ccccc2)S1. The smallest absolute Gasteiger partial charge is 0.239 e. The van der Waals surface area contributed by atoms with E-state index in [4.69, 9.17) is 4.74 Å². The number of amidine groups is 1. The van der Waals surface area contributed by atoms with Crippen LogP contribution in [0.3, 0.4) is 0 Å². The second-order valence-corrected chi connectivity index (χ2v) is 6.37. The summed E-state index contributed by atoms with van der Waals surface area (Å²) in [6.45, 7) is 0. The highest BCUT2D eigenvalue weighted by Crippen LogP contribution is 2.23. The third-order valence-electron chi connectivity index (χ3n) is 3.52. The maximum Gasteiger partial charge on any atom is 0.239 e. The first-order valence-electron chi connectivity index (χ1n) is 7.52. The lowest BCUT2D eigenvalue weighted by molar-refractivity contribution is -0.118. The molecule has 1 aliphatic heterocycles. The van der Waals surface area contributed by atoms with Gasteiger partial charge >= 0.3 is 0 Å². The van der Waals surface area contributed by atoms with Crippen LogP contribution in [0.25, 0.3) is 0 Å². The van der Waals surface area contributed by atoms with Gasteiger partial charge in [-0.25, -0.2) is 0 Å². The summed E-state index contributed by atoms with van der Waals surface area (Å²) >= 11 is 1.40. The fraction of sp³-hybridized carbons (Fsp3) is 0.167. The van der Waals surface area contributed by atoms with Crippen LogP contribution in [0.5, 0.6) is 5.75 Å². The second-order valence-electron chi connectivity index (χ2n) is 5.18. The molecule has 1 atom stereocenters. The van der Waals surface area contributed by atoms with Crippen LogP contribution in [0.1, 0.15) is 11.1 Å². The van der Waals surface area contributed by atoms with Crippen molar-refractivity contribution in [3.05, 3.63) is 65.7 Å². The predicted octanol–water partition coefficient (Wildman–Crippen LogP) is 2.86. The van der Waals surface area contributed by atoms with E-state index in [1.807, 2.05) is 54.6 Å². The number of hydrogen-bond donors (Lipinski definition) is 1. The molecule has 0 radical (unpaired) electrons. The lowest BCUT2D eigenvalue weighted by Crippen LogP contribution is -2.25. The number of methoxy groups -OCH3 is 1. The molecule has 3 rings (SSSR count). The molecule has 1 unspecified atom stereocenters. The third-order valence-corrected chi connectivity index (χ3v) is 4.60. The monoisotopic (exact) mass is 339 g/mol. The van der Waals surface area contributed by atoms with Crippen molar-refractivity contribution in [2.45, 2.75) is 11.7 Å². The van der Waals surface area contributed by atoms with E-state index >= 15 is 0 Å². The summed E-state index contributed by atoms with van der Waals surface area (Å²) in [6.07, 6.45) is 2.29. The van der Waals surface area contributed by atoms with E-state index in [2.05, 4.69) is 15.5 Å². The number of nitrogens with one attached hydrogen (secondary N) is 1. The molecule has 0 spiro atoms. The number of amides is 1. The molecule has 24 heavy (non-hydrogen) atoms. The summed E-state index contributed by atoms with van der Waals surface area (Å²) in [4.78, 5) is 12.0. The van der Waals surface area contributed by atoms with Crippen molar-refractivity contribution in [3.63, 3.8) is 0 Å². The molecule has 1 N–H and O–H groups in total. The van der Waals surface area contributed by atoms with Crippen molar-refractivity contribution < 1.29 is 9.53 Å². The first-order chi connectivity index (χ1) is 11.8. The zero-order chi connectivity index (χ0) is 16.8. The van der Waals surface area contributed by atoms with E-state index in [1.165, 1.54) is 11.8 Å². The van der Waals surface area contributed by atoms with Gasteiger partial charge in [-0.2, -0.15) is 5.10 Å². The summed E-state index contributed by atoms with van der Waals surface area (Å²) in [5.74, 6) is 0.696. The second kappa shape index (κ2) is 7.79. The van der Waals surface area contributed by atoms with Crippen molar-refractivity contribution in [2.24, 2.45) is 10.2 Å². The Hall–Kier alpha value is -2.60. The Morgan fingerprint density at radius 2 is 1.92 bits per heavy atom. The fourth-order valence-electron chi connectivity index (χ4n) is 2.33. The van der Waals surface area contributed by atoms with Crippen LogP contribution in [0.2, 0.25) is 0 Å². The van der Waals surface area contributed by atoms with Gasteiger partial charge in [0, 0.05) is 5.56 Å². The summed E-state index contributed by atoms with van der Waals surface area (Å²) in [7, 11) is 1.61. The number of carbonyl (C=O) groups is 1. The van der Waals surface area contributed by atoms with Crippen molar-refractivity contribution in [3.8, 4) is 5.75 Å². The molecule has 0 bridgehead atoms. The van der Waals surface area contributed by atoms with Crippen molar-refractivity contribution in [1.82, 2.24) is 5.32 Å². The Bertz CT molecular complexity index is 775. The zero-order valence-corrected chi connectivity index (χ0v) is 14.0. The Kier molecular flexibility index (Phi) is 5.28. The molecule has 1 saturated heterocycles. The third kappa shape index (κ3) is 4.02.